The van der Waals surface area contributed by atoms with Gasteiger partial charge in [-0.25, -0.2) is 0 Å². The molecule has 0 fully saturated rings. The molecule has 0 aromatic carbocycles. The van der Waals surface area contributed by atoms with E-state index < -0.39 is 0 Å². The molecule has 0 amide bonds. The van der Waals surface area contributed by atoms with Crippen molar-refractivity contribution in [2.45, 2.75) is 78.7 Å². The highest BCUT2D eigenvalue weighted by molar-refractivity contribution is 4.66. The van der Waals surface area contributed by atoms with E-state index in [4.69, 9.17) is 0 Å². The smallest absolute Gasteiger partial charge is 0.00642 e. The van der Waals surface area contributed by atoms with E-state index in [-0.39, 0.29) is 0 Å². The minimum atomic E-state index is 0.686. The van der Waals surface area contributed by atoms with Gasteiger partial charge in [0.2, 0.25) is 0 Å². The van der Waals surface area contributed by atoms with Gasteiger partial charge in [-0.05, 0) is 25.8 Å². The maximum Gasteiger partial charge on any atom is 0.00642 e. The third kappa shape index (κ3) is 8.92. The van der Waals surface area contributed by atoms with Crippen LogP contribution in [-0.2, 0) is 0 Å². The number of hydrogen-bond acceptors (Lipinski definition) is 1. The van der Waals surface area contributed by atoms with E-state index in [9.17, 15) is 0 Å². The molecule has 1 heteroatoms. The molecule has 0 aromatic heterocycles. The van der Waals surface area contributed by atoms with Crippen molar-refractivity contribution in [3.8, 4) is 0 Å². The Morgan fingerprint density at radius 2 is 1.47 bits per heavy atom. The molecule has 0 aliphatic rings. The van der Waals surface area contributed by atoms with Crippen LogP contribution in [0.1, 0.15) is 72.6 Å². The first-order chi connectivity index (χ1) is 7.22. The summed E-state index contributed by atoms with van der Waals surface area (Å²) in [5.41, 5.74) is 0. The predicted molar refractivity (Wildman–Crippen MR) is 70.3 cm³/mol. The Morgan fingerprint density at radius 1 is 0.867 bits per heavy atom. The molecule has 0 rings (SSSR count). The van der Waals surface area contributed by atoms with E-state index in [0.717, 1.165) is 5.92 Å². The van der Waals surface area contributed by atoms with Crippen LogP contribution in [0.25, 0.3) is 0 Å². The summed E-state index contributed by atoms with van der Waals surface area (Å²) in [6.45, 7) is 10.4. The monoisotopic (exact) mass is 213 g/mol. The Balaban J connectivity index is 3.16. The van der Waals surface area contributed by atoms with Crippen LogP contribution >= 0.6 is 0 Å². The second-order valence-electron chi connectivity index (χ2n) is 4.90. The maximum absolute atomic E-state index is 3.62. The lowest BCUT2D eigenvalue weighted by Gasteiger charge is -2.19. The number of rotatable bonds is 10. The topological polar surface area (TPSA) is 12.0 Å². The van der Waals surface area contributed by atoms with Gasteiger partial charge in [0.05, 0.1) is 0 Å². The Labute approximate surface area is 97.0 Å². The molecule has 0 bridgehead atoms. The average molecular weight is 213 g/mol. The molecule has 0 heterocycles. The Morgan fingerprint density at radius 3 is 2.07 bits per heavy atom. The molecule has 0 saturated carbocycles. The van der Waals surface area contributed by atoms with Gasteiger partial charge in [-0.3, -0.25) is 0 Å². The van der Waals surface area contributed by atoms with Crippen LogP contribution < -0.4 is 5.32 Å². The van der Waals surface area contributed by atoms with Crippen LogP contribution in [0.15, 0.2) is 0 Å². The van der Waals surface area contributed by atoms with Crippen molar-refractivity contribution in [3.63, 3.8) is 0 Å². The van der Waals surface area contributed by atoms with Gasteiger partial charge in [-0.15, -0.1) is 0 Å². The Bertz CT molecular complexity index is 123. The summed E-state index contributed by atoms with van der Waals surface area (Å²) in [4.78, 5) is 0. The first-order valence-corrected chi connectivity index (χ1v) is 6.95. The highest BCUT2D eigenvalue weighted by atomic mass is 14.9. The van der Waals surface area contributed by atoms with Crippen LogP contribution in [-0.4, -0.2) is 12.6 Å². The van der Waals surface area contributed by atoms with Gasteiger partial charge < -0.3 is 5.32 Å². The lowest BCUT2D eigenvalue weighted by atomic mass is 10.0. The van der Waals surface area contributed by atoms with Crippen molar-refractivity contribution in [3.05, 3.63) is 0 Å². The molecular formula is C14H31N. The Kier molecular flexibility index (Phi) is 10.4. The maximum atomic E-state index is 3.62. The molecule has 0 aliphatic heterocycles. The zero-order valence-electron chi connectivity index (χ0n) is 11.3. The summed E-state index contributed by atoms with van der Waals surface area (Å²) in [5.74, 6) is 0.810. The minimum Gasteiger partial charge on any atom is -0.314 e. The van der Waals surface area contributed by atoms with Gasteiger partial charge in [0, 0.05) is 6.04 Å². The highest BCUT2D eigenvalue weighted by Crippen LogP contribution is 2.07. The van der Waals surface area contributed by atoms with E-state index in [2.05, 4.69) is 33.0 Å². The predicted octanol–water partition coefficient (Wildman–Crippen LogP) is 4.37. The molecule has 0 saturated heterocycles. The van der Waals surface area contributed by atoms with E-state index in [1.165, 1.54) is 51.5 Å². The van der Waals surface area contributed by atoms with E-state index in [1.54, 1.807) is 0 Å². The summed E-state index contributed by atoms with van der Waals surface area (Å²) in [6.07, 6.45) is 9.65. The lowest BCUT2D eigenvalue weighted by Crippen LogP contribution is -2.32. The van der Waals surface area contributed by atoms with Gasteiger partial charge in [0.15, 0.2) is 0 Å². The van der Waals surface area contributed by atoms with E-state index >= 15 is 0 Å². The fourth-order valence-corrected chi connectivity index (χ4v) is 1.79. The van der Waals surface area contributed by atoms with E-state index in [1.807, 2.05) is 0 Å². The fourth-order valence-electron chi connectivity index (χ4n) is 1.79. The van der Waals surface area contributed by atoms with Crippen molar-refractivity contribution in [2.75, 3.05) is 6.54 Å². The van der Waals surface area contributed by atoms with Crippen molar-refractivity contribution in [1.82, 2.24) is 5.32 Å². The van der Waals surface area contributed by atoms with Crippen molar-refractivity contribution in [1.29, 1.82) is 0 Å². The van der Waals surface area contributed by atoms with Crippen LogP contribution in [0.5, 0.6) is 0 Å². The number of nitrogens with one attached hydrogen (secondary N) is 1. The van der Waals surface area contributed by atoms with Gasteiger partial charge in [-0.1, -0.05) is 59.3 Å². The summed E-state index contributed by atoms with van der Waals surface area (Å²) in [6, 6.07) is 0.686. The summed E-state index contributed by atoms with van der Waals surface area (Å²) in [7, 11) is 0. The molecule has 0 spiro atoms. The van der Waals surface area contributed by atoms with Crippen LogP contribution in [0.4, 0.5) is 0 Å². The number of unbranched alkanes of at least 4 members (excludes halogenated alkanes) is 5. The molecule has 1 nitrogen and oxygen atoms in total. The third-order valence-electron chi connectivity index (χ3n) is 3.49. The molecule has 1 N–H and O–H groups in total. The van der Waals surface area contributed by atoms with Crippen molar-refractivity contribution < 1.29 is 0 Å². The first kappa shape index (κ1) is 15.0. The molecule has 92 valence electrons. The standard InChI is InChI=1S/C14H31N/c1-5-7-8-9-10-11-12-15-14(4)13(3)6-2/h13-15H,5-12H2,1-4H3. The first-order valence-electron chi connectivity index (χ1n) is 6.95. The van der Waals surface area contributed by atoms with Gasteiger partial charge in [0.1, 0.15) is 0 Å². The molecular weight excluding hydrogens is 182 g/mol. The number of hydrogen-bond donors (Lipinski definition) is 1. The molecule has 2 unspecified atom stereocenters. The van der Waals surface area contributed by atoms with Gasteiger partial charge in [-0.2, -0.15) is 0 Å². The highest BCUT2D eigenvalue weighted by Gasteiger charge is 2.07. The molecule has 2 atom stereocenters. The SMILES string of the molecule is CCCCCCCCNC(C)C(C)CC. The molecule has 0 aliphatic carbocycles. The molecule has 15 heavy (non-hydrogen) atoms. The second kappa shape index (κ2) is 10.5. The summed E-state index contributed by atoms with van der Waals surface area (Å²) in [5, 5.41) is 3.62. The minimum absolute atomic E-state index is 0.686. The molecule has 0 radical (unpaired) electrons. The van der Waals surface area contributed by atoms with Crippen molar-refractivity contribution >= 4 is 0 Å². The Hall–Kier alpha value is -0.0400. The average Bonchev–Trinajstić information content (AvgIpc) is 2.26. The van der Waals surface area contributed by atoms with Crippen molar-refractivity contribution in [2.24, 2.45) is 5.92 Å². The largest absolute Gasteiger partial charge is 0.314 e. The zero-order chi connectivity index (χ0) is 11.5. The van der Waals surface area contributed by atoms with Crippen LogP contribution in [0.2, 0.25) is 0 Å². The third-order valence-corrected chi connectivity index (χ3v) is 3.49. The fraction of sp³-hybridized carbons (Fsp3) is 1.00. The normalized spacial score (nSPS) is 15.2. The summed E-state index contributed by atoms with van der Waals surface area (Å²) >= 11 is 0. The van der Waals surface area contributed by atoms with Gasteiger partial charge in [0.25, 0.3) is 0 Å². The van der Waals surface area contributed by atoms with E-state index in [0.29, 0.717) is 6.04 Å². The molecule has 0 aromatic rings. The quantitative estimate of drug-likeness (QED) is 0.531. The zero-order valence-corrected chi connectivity index (χ0v) is 11.3. The second-order valence-corrected chi connectivity index (χ2v) is 4.90. The summed E-state index contributed by atoms with van der Waals surface area (Å²) < 4.78 is 0. The van der Waals surface area contributed by atoms with Gasteiger partial charge >= 0.3 is 0 Å². The van der Waals surface area contributed by atoms with Crippen LogP contribution in [0.3, 0.4) is 0 Å². The lowest BCUT2D eigenvalue weighted by molar-refractivity contribution is 0.386. The van der Waals surface area contributed by atoms with Crippen LogP contribution in [0, 0.1) is 5.92 Å².